The van der Waals surface area contributed by atoms with Crippen molar-refractivity contribution in [3.63, 3.8) is 0 Å². The van der Waals surface area contributed by atoms with E-state index in [1.54, 1.807) is 18.2 Å². The van der Waals surface area contributed by atoms with Crippen LogP contribution in [0.5, 0.6) is 5.75 Å². The Morgan fingerprint density at radius 3 is 2.61 bits per heavy atom. The summed E-state index contributed by atoms with van der Waals surface area (Å²) in [5.41, 5.74) is 0.565. The van der Waals surface area contributed by atoms with Crippen molar-refractivity contribution >= 4 is 29.9 Å². The first-order valence-electron chi connectivity index (χ1n) is 8.96. The molecule has 0 radical (unpaired) electrons. The van der Waals surface area contributed by atoms with Gasteiger partial charge in [-0.2, -0.15) is 0 Å². The number of hydrogen-bond donors (Lipinski definition) is 2. The fourth-order valence-electron chi connectivity index (χ4n) is 2.99. The molecule has 1 fully saturated rings. The average Bonchev–Trinajstić information content (AvgIpc) is 3.15. The highest BCUT2D eigenvalue weighted by atomic mass is 127. The largest absolute Gasteiger partial charge is 0.573 e. The lowest BCUT2D eigenvalue weighted by Crippen LogP contribution is -2.39. The molecule has 2 unspecified atom stereocenters. The molecule has 0 saturated heterocycles. The van der Waals surface area contributed by atoms with Crippen LogP contribution in [0.3, 0.4) is 0 Å². The first kappa shape index (κ1) is 22.4. The minimum Gasteiger partial charge on any atom is -0.405 e. The lowest BCUT2D eigenvalue weighted by atomic mass is 10.1. The normalized spacial score (nSPS) is 18.9. The number of ether oxygens (including phenoxy) is 1. The van der Waals surface area contributed by atoms with E-state index in [1.807, 2.05) is 36.0 Å². The van der Waals surface area contributed by atoms with Gasteiger partial charge in [0.2, 0.25) is 0 Å². The summed E-state index contributed by atoms with van der Waals surface area (Å²) >= 11 is 0. The summed E-state index contributed by atoms with van der Waals surface area (Å²) in [6.07, 6.45) is -0.00222. The molecule has 0 aliphatic heterocycles. The highest BCUT2D eigenvalue weighted by Crippen LogP contribution is 2.45. The zero-order valence-corrected chi connectivity index (χ0v) is 17.8. The van der Waals surface area contributed by atoms with Crippen molar-refractivity contribution in [3.8, 4) is 5.75 Å². The molecular weight excluding hydrogens is 484 g/mol. The van der Waals surface area contributed by atoms with E-state index < -0.39 is 6.36 Å². The molecule has 0 bridgehead atoms. The van der Waals surface area contributed by atoms with E-state index in [2.05, 4.69) is 20.4 Å². The van der Waals surface area contributed by atoms with Gasteiger partial charge in [-0.15, -0.1) is 37.1 Å². The van der Waals surface area contributed by atoms with E-state index in [1.165, 1.54) is 6.07 Å². The lowest BCUT2D eigenvalue weighted by molar-refractivity contribution is -0.274. The Labute approximate surface area is 179 Å². The molecule has 2 N–H and O–H groups in total. The number of nitrogens with zero attached hydrogens (tertiary/aromatic N) is 2. The molecule has 0 amide bonds. The average molecular weight is 508 g/mol. The molecule has 0 spiro atoms. The Kier molecular flexibility index (Phi) is 8.02. The van der Waals surface area contributed by atoms with Crippen molar-refractivity contribution in [2.45, 2.75) is 38.2 Å². The Hall–Kier alpha value is -1.91. The third-order valence-electron chi connectivity index (χ3n) is 4.30. The van der Waals surface area contributed by atoms with Crippen LogP contribution in [0.15, 0.2) is 53.8 Å². The number of guanidine groups is 1. The second-order valence-electron chi connectivity index (χ2n) is 6.36. The number of alkyl halides is 3. The monoisotopic (exact) mass is 508 g/mol. The standard InChI is InChI=1S/C19H23F3N4O.HI/c1-2-23-18(24-9-12-26-10-5-6-11-26)25-16-13-15(16)14-7-3-4-8-17(14)27-19(20,21)22;/h3-8,10-11,15-16H,2,9,12-13H2,1H3,(H2,23,24,25);1H. The summed E-state index contributed by atoms with van der Waals surface area (Å²) < 4.78 is 44.0. The predicted octanol–water partition coefficient (Wildman–Crippen LogP) is 4.12. The topological polar surface area (TPSA) is 50.6 Å². The summed E-state index contributed by atoms with van der Waals surface area (Å²) in [7, 11) is 0. The Morgan fingerprint density at radius 2 is 1.93 bits per heavy atom. The van der Waals surface area contributed by atoms with Crippen LogP contribution in [0.1, 0.15) is 24.8 Å². The first-order chi connectivity index (χ1) is 13.0. The zero-order valence-electron chi connectivity index (χ0n) is 15.4. The van der Waals surface area contributed by atoms with Crippen LogP contribution >= 0.6 is 24.0 Å². The molecule has 2 aromatic rings. The molecule has 1 saturated carbocycles. The molecule has 1 aromatic carbocycles. The maximum atomic E-state index is 12.6. The van der Waals surface area contributed by atoms with Gasteiger partial charge in [0.1, 0.15) is 5.75 Å². The molecule has 5 nitrogen and oxygen atoms in total. The van der Waals surface area contributed by atoms with Crippen LogP contribution in [0.2, 0.25) is 0 Å². The van der Waals surface area contributed by atoms with Gasteiger partial charge in [-0.1, -0.05) is 18.2 Å². The Balaban J connectivity index is 0.00000280. The minimum absolute atomic E-state index is 0. The van der Waals surface area contributed by atoms with Crippen molar-refractivity contribution in [2.24, 2.45) is 4.99 Å². The number of aromatic nitrogens is 1. The highest BCUT2D eigenvalue weighted by Gasteiger charge is 2.42. The highest BCUT2D eigenvalue weighted by molar-refractivity contribution is 14.0. The Bertz CT molecular complexity index is 765. The van der Waals surface area contributed by atoms with Crippen LogP contribution in [-0.2, 0) is 6.54 Å². The van der Waals surface area contributed by atoms with E-state index >= 15 is 0 Å². The third kappa shape index (κ3) is 6.61. The number of hydrogen-bond acceptors (Lipinski definition) is 2. The third-order valence-corrected chi connectivity index (χ3v) is 4.30. The molecule has 1 aliphatic rings. The molecule has 3 rings (SSSR count). The van der Waals surface area contributed by atoms with Gasteiger partial charge in [-0.05, 0) is 37.1 Å². The van der Waals surface area contributed by atoms with Crippen LogP contribution in [0.25, 0.3) is 0 Å². The van der Waals surface area contributed by atoms with Crippen LogP contribution in [0.4, 0.5) is 13.2 Å². The molecule has 1 heterocycles. The molecule has 1 aromatic heterocycles. The molecule has 2 atom stereocenters. The Morgan fingerprint density at radius 1 is 1.21 bits per heavy atom. The first-order valence-corrected chi connectivity index (χ1v) is 8.96. The van der Waals surface area contributed by atoms with E-state index in [-0.39, 0.29) is 41.7 Å². The van der Waals surface area contributed by atoms with E-state index in [0.717, 1.165) is 13.0 Å². The van der Waals surface area contributed by atoms with Gasteiger partial charge in [-0.25, -0.2) is 0 Å². The fraction of sp³-hybridized carbons (Fsp3) is 0.421. The number of rotatable bonds is 7. The van der Waals surface area contributed by atoms with Gasteiger partial charge in [0.05, 0.1) is 6.54 Å². The van der Waals surface area contributed by atoms with Gasteiger partial charge in [-0.3, -0.25) is 4.99 Å². The number of nitrogens with one attached hydrogen (secondary N) is 2. The summed E-state index contributed by atoms with van der Waals surface area (Å²) in [5, 5.41) is 6.48. The van der Waals surface area contributed by atoms with Crippen LogP contribution in [0, 0.1) is 0 Å². The summed E-state index contributed by atoms with van der Waals surface area (Å²) in [6, 6.07) is 10.3. The van der Waals surface area contributed by atoms with Crippen molar-refractivity contribution in [2.75, 3.05) is 13.1 Å². The smallest absolute Gasteiger partial charge is 0.405 e. The molecular formula is C19H24F3IN4O. The second kappa shape index (κ2) is 10.0. The maximum absolute atomic E-state index is 12.6. The SMILES string of the molecule is CCNC(=NCCn1cccc1)NC1CC1c1ccccc1OC(F)(F)F.I. The molecule has 28 heavy (non-hydrogen) atoms. The maximum Gasteiger partial charge on any atom is 0.573 e. The summed E-state index contributed by atoms with van der Waals surface area (Å²) in [5.74, 6) is 0.511. The number of para-hydroxylation sites is 1. The number of benzene rings is 1. The van der Waals surface area contributed by atoms with Gasteiger partial charge < -0.3 is 19.9 Å². The van der Waals surface area contributed by atoms with Crippen molar-refractivity contribution in [1.29, 1.82) is 0 Å². The van der Waals surface area contributed by atoms with Crippen LogP contribution in [-0.4, -0.2) is 36.0 Å². The van der Waals surface area contributed by atoms with E-state index in [4.69, 9.17) is 0 Å². The quantitative estimate of drug-likeness (QED) is 0.336. The van der Waals surface area contributed by atoms with Gasteiger partial charge >= 0.3 is 6.36 Å². The van der Waals surface area contributed by atoms with Crippen LogP contribution < -0.4 is 15.4 Å². The lowest BCUT2D eigenvalue weighted by Gasteiger charge is -2.14. The predicted molar refractivity (Wildman–Crippen MR) is 113 cm³/mol. The summed E-state index contributed by atoms with van der Waals surface area (Å²) in [6.45, 7) is 4.05. The van der Waals surface area contributed by atoms with Gasteiger partial charge in [0.15, 0.2) is 5.96 Å². The van der Waals surface area contributed by atoms with E-state index in [9.17, 15) is 13.2 Å². The number of halogens is 4. The van der Waals surface area contributed by atoms with E-state index in [0.29, 0.717) is 24.6 Å². The van der Waals surface area contributed by atoms with Crippen molar-refractivity contribution in [3.05, 3.63) is 54.4 Å². The molecule has 9 heteroatoms. The van der Waals surface area contributed by atoms with Crippen molar-refractivity contribution in [1.82, 2.24) is 15.2 Å². The second-order valence-corrected chi connectivity index (χ2v) is 6.36. The van der Waals surface area contributed by atoms with Gasteiger partial charge in [0.25, 0.3) is 0 Å². The van der Waals surface area contributed by atoms with Gasteiger partial charge in [0, 0.05) is 37.4 Å². The molecule has 154 valence electrons. The minimum atomic E-state index is -4.69. The van der Waals surface area contributed by atoms with Crippen molar-refractivity contribution < 1.29 is 17.9 Å². The summed E-state index contributed by atoms with van der Waals surface area (Å²) in [4.78, 5) is 4.54. The molecule has 1 aliphatic carbocycles. The zero-order chi connectivity index (χ0) is 19.3. The fourth-order valence-corrected chi connectivity index (χ4v) is 2.99. The number of aliphatic imine (C=N–C) groups is 1.